The minimum Gasteiger partial charge on any atom is -0.398 e. The fourth-order valence-electron chi connectivity index (χ4n) is 2.79. The summed E-state index contributed by atoms with van der Waals surface area (Å²) >= 11 is 6.27. The molecule has 0 spiro atoms. The zero-order chi connectivity index (χ0) is 13.5. The number of aromatic nitrogens is 4. The number of hydrogen-bond donors (Lipinski definition) is 1. The summed E-state index contributed by atoms with van der Waals surface area (Å²) in [6, 6.07) is 5.54. The summed E-state index contributed by atoms with van der Waals surface area (Å²) in [5.74, 6) is 0.696. The number of hydrogen-bond acceptors (Lipinski definition) is 4. The third-order valence-electron chi connectivity index (χ3n) is 3.93. The summed E-state index contributed by atoms with van der Waals surface area (Å²) in [5, 5.41) is 12.6. The van der Waals surface area contributed by atoms with Crippen molar-refractivity contribution in [2.45, 2.75) is 38.1 Å². The third-order valence-corrected chi connectivity index (χ3v) is 4.35. The summed E-state index contributed by atoms with van der Waals surface area (Å²) < 4.78 is 1.90. The normalized spacial score (nSPS) is 17.8. The first-order valence-electron chi connectivity index (χ1n) is 6.45. The van der Waals surface area contributed by atoms with Crippen LogP contribution in [0.3, 0.4) is 0 Å². The number of nitrogens with zero attached hydrogens (tertiary/aromatic N) is 4. The molecule has 0 atom stereocenters. The molecule has 6 heteroatoms. The number of halogens is 1. The summed E-state index contributed by atoms with van der Waals surface area (Å²) in [5.41, 5.74) is 7.17. The molecule has 0 bridgehead atoms. The van der Waals surface area contributed by atoms with Gasteiger partial charge in [-0.3, -0.25) is 0 Å². The predicted molar refractivity (Wildman–Crippen MR) is 74.8 cm³/mol. The Morgan fingerprint density at radius 2 is 2.05 bits per heavy atom. The van der Waals surface area contributed by atoms with Crippen molar-refractivity contribution in [1.29, 1.82) is 0 Å². The summed E-state index contributed by atoms with van der Waals surface area (Å²) in [6.45, 7) is 2.19. The SMILES string of the molecule is CC1(n2nnnc2-c2cccc(N)c2Cl)CCCC1. The molecule has 1 aromatic heterocycles. The lowest BCUT2D eigenvalue weighted by Crippen LogP contribution is -2.28. The van der Waals surface area contributed by atoms with Crippen molar-refractivity contribution in [2.24, 2.45) is 0 Å². The van der Waals surface area contributed by atoms with Gasteiger partial charge in [0, 0.05) is 5.56 Å². The van der Waals surface area contributed by atoms with Crippen LogP contribution in [0.2, 0.25) is 5.02 Å². The molecule has 19 heavy (non-hydrogen) atoms. The molecule has 1 fully saturated rings. The van der Waals surface area contributed by atoms with Crippen LogP contribution in [-0.2, 0) is 5.54 Å². The van der Waals surface area contributed by atoms with Crippen molar-refractivity contribution in [2.75, 3.05) is 5.73 Å². The lowest BCUT2D eigenvalue weighted by Gasteiger charge is -2.24. The average molecular weight is 278 g/mol. The molecule has 2 aromatic rings. The van der Waals surface area contributed by atoms with Crippen LogP contribution >= 0.6 is 11.6 Å². The van der Waals surface area contributed by atoms with E-state index in [1.165, 1.54) is 12.8 Å². The highest BCUT2D eigenvalue weighted by molar-refractivity contribution is 6.35. The van der Waals surface area contributed by atoms with E-state index in [-0.39, 0.29) is 5.54 Å². The van der Waals surface area contributed by atoms with E-state index in [0.29, 0.717) is 16.5 Å². The van der Waals surface area contributed by atoms with Gasteiger partial charge in [0.1, 0.15) is 0 Å². The van der Waals surface area contributed by atoms with E-state index in [1.54, 1.807) is 6.07 Å². The molecule has 100 valence electrons. The Morgan fingerprint density at radius 3 is 2.79 bits per heavy atom. The first-order chi connectivity index (χ1) is 9.12. The quantitative estimate of drug-likeness (QED) is 0.857. The molecule has 3 rings (SSSR count). The molecule has 0 amide bonds. The van der Waals surface area contributed by atoms with Crippen LogP contribution < -0.4 is 5.73 Å². The fraction of sp³-hybridized carbons (Fsp3) is 0.462. The van der Waals surface area contributed by atoms with E-state index in [1.807, 2.05) is 16.8 Å². The largest absolute Gasteiger partial charge is 0.398 e. The van der Waals surface area contributed by atoms with Crippen molar-refractivity contribution in [3.05, 3.63) is 23.2 Å². The van der Waals surface area contributed by atoms with E-state index in [9.17, 15) is 0 Å². The van der Waals surface area contributed by atoms with Crippen molar-refractivity contribution >= 4 is 17.3 Å². The number of nitrogen functional groups attached to an aromatic ring is 1. The molecule has 0 aliphatic heterocycles. The van der Waals surface area contributed by atoms with E-state index < -0.39 is 0 Å². The molecule has 1 aromatic carbocycles. The maximum atomic E-state index is 6.27. The zero-order valence-electron chi connectivity index (χ0n) is 10.8. The monoisotopic (exact) mass is 277 g/mol. The van der Waals surface area contributed by atoms with Gasteiger partial charge in [0.15, 0.2) is 5.82 Å². The number of rotatable bonds is 2. The van der Waals surface area contributed by atoms with Crippen LogP contribution in [0.25, 0.3) is 11.4 Å². The minimum absolute atomic E-state index is 0.0211. The van der Waals surface area contributed by atoms with Crippen LogP contribution in [0.5, 0.6) is 0 Å². The number of nitrogens with two attached hydrogens (primary N) is 1. The molecule has 1 aliphatic rings. The highest BCUT2D eigenvalue weighted by Crippen LogP contribution is 2.39. The van der Waals surface area contributed by atoms with Crippen LogP contribution in [-0.4, -0.2) is 20.2 Å². The molecule has 1 saturated carbocycles. The van der Waals surface area contributed by atoms with Gasteiger partial charge in [-0.15, -0.1) is 5.10 Å². The van der Waals surface area contributed by atoms with Gasteiger partial charge in [0.05, 0.1) is 16.2 Å². The zero-order valence-corrected chi connectivity index (χ0v) is 11.6. The second-order valence-corrected chi connectivity index (χ2v) is 5.71. The Kier molecular flexibility index (Phi) is 2.93. The highest BCUT2D eigenvalue weighted by atomic mass is 35.5. The minimum atomic E-state index is -0.0211. The smallest absolute Gasteiger partial charge is 0.184 e. The van der Waals surface area contributed by atoms with Gasteiger partial charge < -0.3 is 5.73 Å². The molecule has 0 saturated heterocycles. The molecule has 0 radical (unpaired) electrons. The first-order valence-corrected chi connectivity index (χ1v) is 6.83. The van der Waals surface area contributed by atoms with E-state index in [0.717, 1.165) is 18.4 Å². The topological polar surface area (TPSA) is 69.6 Å². The van der Waals surface area contributed by atoms with Crippen LogP contribution in [0.15, 0.2) is 18.2 Å². The molecule has 2 N–H and O–H groups in total. The van der Waals surface area contributed by atoms with Crippen LogP contribution in [0.4, 0.5) is 5.69 Å². The molecule has 5 nitrogen and oxygen atoms in total. The second kappa shape index (κ2) is 4.49. The standard InChI is InChI=1S/C13H16ClN5/c1-13(7-2-3-8-13)19-12(16-17-18-19)9-5-4-6-10(15)11(9)14/h4-6H,2-3,7-8,15H2,1H3. The van der Waals surface area contributed by atoms with Crippen molar-refractivity contribution < 1.29 is 0 Å². The Bertz CT molecular complexity index is 601. The molecular weight excluding hydrogens is 262 g/mol. The Balaban J connectivity index is 2.12. The van der Waals surface area contributed by atoms with Gasteiger partial charge in [0.25, 0.3) is 0 Å². The molecular formula is C13H16ClN5. The Hall–Kier alpha value is -1.62. The van der Waals surface area contributed by atoms with Crippen molar-refractivity contribution in [3.8, 4) is 11.4 Å². The van der Waals surface area contributed by atoms with Crippen molar-refractivity contribution in [1.82, 2.24) is 20.2 Å². The molecule has 1 aliphatic carbocycles. The van der Waals surface area contributed by atoms with Crippen LogP contribution in [0, 0.1) is 0 Å². The first kappa shape index (κ1) is 12.4. The maximum Gasteiger partial charge on any atom is 0.184 e. The number of tetrazole rings is 1. The van der Waals surface area contributed by atoms with E-state index in [2.05, 4.69) is 22.4 Å². The summed E-state index contributed by atoms with van der Waals surface area (Å²) in [6.07, 6.45) is 4.59. The summed E-state index contributed by atoms with van der Waals surface area (Å²) in [4.78, 5) is 0. The Morgan fingerprint density at radius 1 is 1.32 bits per heavy atom. The number of anilines is 1. The Labute approximate surface area is 116 Å². The molecule has 1 heterocycles. The van der Waals surface area contributed by atoms with E-state index in [4.69, 9.17) is 17.3 Å². The molecule has 0 unspecified atom stereocenters. The average Bonchev–Trinajstić information content (AvgIpc) is 3.02. The van der Waals surface area contributed by atoms with Gasteiger partial charge >= 0.3 is 0 Å². The van der Waals surface area contributed by atoms with Gasteiger partial charge in [-0.2, -0.15) is 0 Å². The van der Waals surface area contributed by atoms with Crippen LogP contribution in [0.1, 0.15) is 32.6 Å². The van der Waals surface area contributed by atoms with Gasteiger partial charge in [-0.05, 0) is 42.3 Å². The van der Waals surface area contributed by atoms with Gasteiger partial charge in [0.2, 0.25) is 0 Å². The summed E-state index contributed by atoms with van der Waals surface area (Å²) in [7, 11) is 0. The van der Waals surface area contributed by atoms with Gasteiger partial charge in [-0.1, -0.05) is 30.5 Å². The van der Waals surface area contributed by atoms with Gasteiger partial charge in [-0.25, -0.2) is 4.68 Å². The second-order valence-electron chi connectivity index (χ2n) is 5.33. The lowest BCUT2D eigenvalue weighted by molar-refractivity contribution is 0.293. The maximum absolute atomic E-state index is 6.27. The van der Waals surface area contributed by atoms with E-state index >= 15 is 0 Å². The fourth-order valence-corrected chi connectivity index (χ4v) is 3.00. The lowest BCUT2D eigenvalue weighted by atomic mass is 10.0. The van der Waals surface area contributed by atoms with Crippen molar-refractivity contribution in [3.63, 3.8) is 0 Å². The third kappa shape index (κ3) is 1.98. The number of benzene rings is 1. The predicted octanol–water partition coefficient (Wildman–Crippen LogP) is 2.86. The highest BCUT2D eigenvalue weighted by Gasteiger charge is 2.34.